The van der Waals surface area contributed by atoms with Crippen LogP contribution in [0.1, 0.15) is 49.7 Å². The van der Waals surface area contributed by atoms with Crippen molar-refractivity contribution in [1.82, 2.24) is 9.47 Å². The molecular formula is C48H34Cl2F2N2O2. The van der Waals surface area contributed by atoms with Crippen molar-refractivity contribution in [2.24, 2.45) is 0 Å². The van der Waals surface area contributed by atoms with Gasteiger partial charge in [0.05, 0.1) is 21.2 Å². The second-order valence-electron chi connectivity index (χ2n) is 14.5. The molecule has 4 nitrogen and oxygen atoms in total. The maximum absolute atomic E-state index is 16.7. The van der Waals surface area contributed by atoms with Crippen molar-refractivity contribution in [1.29, 1.82) is 0 Å². The maximum Gasteiger partial charge on any atom is 0.259 e. The van der Waals surface area contributed by atoms with Gasteiger partial charge in [0, 0.05) is 36.1 Å². The second-order valence-corrected chi connectivity index (χ2v) is 15.2. The molecule has 8 aromatic rings. The van der Waals surface area contributed by atoms with Gasteiger partial charge >= 0.3 is 0 Å². The van der Waals surface area contributed by atoms with E-state index in [9.17, 15) is 4.79 Å². The van der Waals surface area contributed by atoms with Crippen molar-refractivity contribution < 1.29 is 18.4 Å². The molecule has 0 spiro atoms. The molecule has 1 saturated heterocycles. The molecule has 1 aliphatic rings. The Morgan fingerprint density at radius 2 is 1.39 bits per heavy atom. The number of likely N-dealkylation sites (tertiary alicyclic amines) is 1. The first-order valence-electron chi connectivity index (χ1n) is 18.5. The SMILES string of the molecule is Cc1c(-c2cccc3ccccc23)cc(F)c(C(=O)C2C(c3cn(Cc4ccc5ccccc5c4)c4ccccc34)CCN2C(=O)c2c(F)cccc2Cl)c1Cl. The number of amides is 1. The second kappa shape index (κ2) is 14.4. The Morgan fingerprint density at radius 1 is 0.696 bits per heavy atom. The van der Waals surface area contributed by atoms with E-state index in [1.807, 2.05) is 85.1 Å². The monoisotopic (exact) mass is 778 g/mol. The first-order valence-corrected chi connectivity index (χ1v) is 19.3. The van der Waals surface area contributed by atoms with E-state index in [-0.39, 0.29) is 27.7 Å². The predicted octanol–water partition coefficient (Wildman–Crippen LogP) is 12.4. The molecule has 0 radical (unpaired) electrons. The molecule has 1 amide bonds. The number of halogens is 4. The average Bonchev–Trinajstić information content (AvgIpc) is 3.81. The van der Waals surface area contributed by atoms with Crippen LogP contribution in [0.3, 0.4) is 0 Å². The third kappa shape index (κ3) is 6.05. The smallest absolute Gasteiger partial charge is 0.259 e. The number of nitrogens with zero attached hydrogens (tertiary/aromatic N) is 2. The van der Waals surface area contributed by atoms with E-state index in [2.05, 4.69) is 34.9 Å². The molecule has 8 heteroatoms. The van der Waals surface area contributed by atoms with E-state index in [0.29, 0.717) is 24.1 Å². The highest BCUT2D eigenvalue weighted by Gasteiger charge is 2.46. The third-order valence-corrected chi connectivity index (χ3v) is 12.1. The maximum atomic E-state index is 16.7. The summed E-state index contributed by atoms with van der Waals surface area (Å²) in [6, 6.07) is 40.2. The number of aromatic nitrogens is 1. The highest BCUT2D eigenvalue weighted by molar-refractivity contribution is 6.36. The Kier molecular flexibility index (Phi) is 9.19. The van der Waals surface area contributed by atoms with Crippen LogP contribution in [0.4, 0.5) is 8.78 Å². The molecule has 56 heavy (non-hydrogen) atoms. The summed E-state index contributed by atoms with van der Waals surface area (Å²) in [6.07, 6.45) is 2.40. The standard InChI is InChI=1S/C48H34Cl2F2N2O2/c1-28-37(34-16-8-13-31-11-4-5-14-33(31)34)25-41(52)44(45(28)50)47(55)46-36(22-23-54(46)48(56)43-39(49)17-9-18-40(43)51)38-27-53(42-19-7-6-15-35(38)42)26-29-20-21-30-10-2-3-12-32(30)24-29/h2-21,24-25,27,36,46H,22-23,26H2,1H3. The van der Waals surface area contributed by atoms with Gasteiger partial charge in [0.1, 0.15) is 17.7 Å². The number of hydrogen-bond donors (Lipinski definition) is 0. The minimum atomic E-state index is -1.21. The molecule has 2 heterocycles. The molecule has 0 aliphatic carbocycles. The number of ketones is 1. The molecule has 7 aromatic carbocycles. The van der Waals surface area contributed by atoms with E-state index in [1.54, 1.807) is 6.92 Å². The van der Waals surface area contributed by atoms with Crippen LogP contribution in [0.2, 0.25) is 10.0 Å². The first-order chi connectivity index (χ1) is 27.2. The van der Waals surface area contributed by atoms with Crippen molar-refractivity contribution >= 4 is 67.3 Å². The summed E-state index contributed by atoms with van der Waals surface area (Å²) in [4.78, 5) is 30.8. The lowest BCUT2D eigenvalue weighted by atomic mass is 9.85. The number of rotatable bonds is 7. The van der Waals surface area contributed by atoms with Gasteiger partial charge in [-0.2, -0.15) is 0 Å². The minimum absolute atomic E-state index is 0.0290. The van der Waals surface area contributed by atoms with Crippen LogP contribution >= 0.6 is 23.2 Å². The Balaban J connectivity index is 1.17. The first kappa shape index (κ1) is 35.9. The van der Waals surface area contributed by atoms with Crippen molar-refractivity contribution in [2.75, 3.05) is 6.54 Å². The lowest BCUT2D eigenvalue weighted by molar-refractivity contribution is 0.0657. The van der Waals surface area contributed by atoms with E-state index >= 15 is 13.6 Å². The highest BCUT2D eigenvalue weighted by Crippen LogP contribution is 2.44. The molecule has 2 atom stereocenters. The molecule has 276 valence electrons. The molecule has 0 N–H and O–H groups in total. The lowest BCUT2D eigenvalue weighted by Gasteiger charge is -2.28. The fourth-order valence-electron chi connectivity index (χ4n) is 8.58. The number of para-hydroxylation sites is 1. The molecule has 1 aliphatic heterocycles. The van der Waals surface area contributed by atoms with Crippen LogP contribution in [0, 0.1) is 18.6 Å². The largest absolute Gasteiger partial charge is 0.343 e. The van der Waals surface area contributed by atoms with Gasteiger partial charge in [-0.25, -0.2) is 8.78 Å². The average molecular weight is 780 g/mol. The summed E-state index contributed by atoms with van der Waals surface area (Å²) in [5.41, 5.74) is 4.11. The van der Waals surface area contributed by atoms with Crippen molar-refractivity contribution in [3.63, 3.8) is 0 Å². The normalized spacial score (nSPS) is 15.6. The summed E-state index contributed by atoms with van der Waals surface area (Å²) in [5.74, 6) is -3.57. The van der Waals surface area contributed by atoms with Gasteiger partial charge in [-0.05, 0) is 93.0 Å². The number of Topliss-reactive ketones (excluding diaryl/α,β-unsaturated/α-hetero) is 1. The van der Waals surface area contributed by atoms with Crippen LogP contribution in [0.5, 0.6) is 0 Å². The zero-order valence-electron chi connectivity index (χ0n) is 30.3. The summed E-state index contributed by atoms with van der Waals surface area (Å²) in [5, 5.41) is 4.98. The molecule has 0 saturated carbocycles. The zero-order valence-corrected chi connectivity index (χ0v) is 31.8. The zero-order chi connectivity index (χ0) is 38.7. The van der Waals surface area contributed by atoms with E-state index < -0.39 is 35.3 Å². The van der Waals surface area contributed by atoms with Crippen LogP contribution < -0.4 is 0 Å². The third-order valence-electron chi connectivity index (χ3n) is 11.3. The van der Waals surface area contributed by atoms with Gasteiger partial charge in [0.25, 0.3) is 5.91 Å². The Bertz CT molecular complexity index is 2860. The van der Waals surface area contributed by atoms with E-state index in [0.717, 1.165) is 55.2 Å². The van der Waals surface area contributed by atoms with E-state index in [1.165, 1.54) is 23.1 Å². The van der Waals surface area contributed by atoms with Crippen LogP contribution in [0.15, 0.2) is 140 Å². The fraction of sp³-hybridized carbons (Fsp3) is 0.125. The van der Waals surface area contributed by atoms with Gasteiger partial charge in [0.15, 0.2) is 5.78 Å². The summed E-state index contributed by atoms with van der Waals surface area (Å²) >= 11 is 13.5. The van der Waals surface area contributed by atoms with Crippen molar-refractivity contribution in [3.8, 4) is 11.1 Å². The summed E-state index contributed by atoms with van der Waals surface area (Å²) in [6.45, 7) is 2.44. The van der Waals surface area contributed by atoms with Gasteiger partial charge in [0.2, 0.25) is 0 Å². The van der Waals surface area contributed by atoms with Crippen molar-refractivity contribution in [2.45, 2.75) is 31.8 Å². The molecule has 9 rings (SSSR count). The topological polar surface area (TPSA) is 42.3 Å². The lowest BCUT2D eigenvalue weighted by Crippen LogP contribution is -2.43. The Hall–Kier alpha value is -5.82. The molecule has 2 unspecified atom stereocenters. The van der Waals surface area contributed by atoms with Crippen LogP contribution in [-0.2, 0) is 6.54 Å². The Labute approximate surface area is 332 Å². The summed E-state index contributed by atoms with van der Waals surface area (Å²) < 4.78 is 34.2. The van der Waals surface area contributed by atoms with Gasteiger partial charge < -0.3 is 9.47 Å². The fourth-order valence-corrected chi connectivity index (χ4v) is 9.11. The molecule has 0 bridgehead atoms. The van der Waals surface area contributed by atoms with Crippen LogP contribution in [0.25, 0.3) is 43.6 Å². The quantitative estimate of drug-likeness (QED) is 0.151. The molecule has 1 aromatic heterocycles. The van der Waals surface area contributed by atoms with E-state index in [4.69, 9.17) is 23.2 Å². The van der Waals surface area contributed by atoms with Crippen molar-refractivity contribution in [3.05, 3.63) is 189 Å². The molecular weight excluding hydrogens is 745 g/mol. The minimum Gasteiger partial charge on any atom is -0.343 e. The number of benzene rings is 7. The molecule has 1 fully saturated rings. The predicted molar refractivity (Wildman–Crippen MR) is 222 cm³/mol. The van der Waals surface area contributed by atoms with Crippen LogP contribution in [-0.4, -0.2) is 33.7 Å². The number of fused-ring (bicyclic) bond motifs is 3. The number of hydrogen-bond acceptors (Lipinski definition) is 2. The Morgan fingerprint density at radius 3 is 2.20 bits per heavy atom. The number of carbonyl (C=O) groups is 2. The van der Waals surface area contributed by atoms with Gasteiger partial charge in [-0.15, -0.1) is 0 Å². The summed E-state index contributed by atoms with van der Waals surface area (Å²) in [7, 11) is 0. The van der Waals surface area contributed by atoms with Gasteiger partial charge in [-0.1, -0.05) is 126 Å². The number of carbonyl (C=O) groups excluding carboxylic acids is 2. The highest BCUT2D eigenvalue weighted by atomic mass is 35.5. The van der Waals surface area contributed by atoms with Gasteiger partial charge in [-0.3, -0.25) is 9.59 Å².